The van der Waals surface area contributed by atoms with Gasteiger partial charge in [-0.25, -0.2) is 13.6 Å². The minimum absolute atomic E-state index is 0.0476. The Morgan fingerprint density at radius 1 is 1.23 bits per heavy atom. The van der Waals surface area contributed by atoms with E-state index < -0.39 is 15.9 Å². The van der Waals surface area contributed by atoms with Gasteiger partial charge in [0.05, 0.1) is 12.0 Å². The van der Waals surface area contributed by atoms with Crippen molar-refractivity contribution < 1.29 is 17.9 Å². The summed E-state index contributed by atoms with van der Waals surface area (Å²) in [6.45, 7) is 3.54. The van der Waals surface area contributed by atoms with Crippen molar-refractivity contribution in [3.8, 4) is 5.75 Å². The molecule has 8 heteroatoms. The lowest BCUT2D eigenvalue weighted by Gasteiger charge is -2.11. The fraction of sp³-hybridized carbons (Fsp3) is 0.167. The van der Waals surface area contributed by atoms with Crippen molar-refractivity contribution in [2.45, 2.75) is 18.7 Å². The highest BCUT2D eigenvalue weighted by atomic mass is 79.9. The fourth-order valence-corrected chi connectivity index (χ4v) is 3.30. The number of nitrogens with one attached hydrogen (secondary N) is 1. The molecule has 0 heterocycles. The first-order valence-corrected chi connectivity index (χ1v) is 9.92. The van der Waals surface area contributed by atoms with Gasteiger partial charge in [0.25, 0.3) is 0 Å². The first kappa shape index (κ1) is 20.2. The van der Waals surface area contributed by atoms with Crippen LogP contribution in [0.5, 0.6) is 5.75 Å². The molecule has 0 atom stereocenters. The summed E-state index contributed by atoms with van der Waals surface area (Å²) in [5, 5.41) is 7.87. The second-order valence-electron chi connectivity index (χ2n) is 5.67. The van der Waals surface area contributed by atoms with Crippen molar-refractivity contribution in [1.29, 1.82) is 0 Å². The van der Waals surface area contributed by atoms with Crippen molar-refractivity contribution in [2.75, 3.05) is 12.4 Å². The number of aryl methyl sites for hydroxylation is 1. The highest BCUT2D eigenvalue weighted by molar-refractivity contribution is 9.10. The lowest BCUT2D eigenvalue weighted by Crippen LogP contribution is -2.15. The number of ether oxygens (including phenoxy) is 1. The number of methoxy groups -OCH3 is 1. The van der Waals surface area contributed by atoms with Crippen LogP contribution in [0, 0.1) is 13.8 Å². The molecule has 0 radical (unpaired) electrons. The van der Waals surface area contributed by atoms with Gasteiger partial charge in [-0.05, 0) is 61.4 Å². The standard InChI is InChI=1S/C18H19BrN2O4S/c1-11-8-15(26(20,23)24)10-16(12(11)2)21-18(22)7-4-13-9-14(19)5-6-17(13)25-3/h4-10H,1-3H3,(H,21,22)(H2,20,23,24)/b7-4+. The lowest BCUT2D eigenvalue weighted by molar-refractivity contribution is -0.111. The zero-order valence-corrected chi connectivity index (χ0v) is 16.9. The van der Waals surface area contributed by atoms with E-state index in [1.807, 2.05) is 12.1 Å². The summed E-state index contributed by atoms with van der Waals surface area (Å²) >= 11 is 3.37. The molecule has 0 aromatic heterocycles. The van der Waals surface area contributed by atoms with Crippen molar-refractivity contribution in [3.63, 3.8) is 0 Å². The predicted octanol–water partition coefficient (Wildman–Crippen LogP) is 3.37. The molecule has 0 spiro atoms. The number of sulfonamides is 1. The molecule has 0 fully saturated rings. The first-order valence-electron chi connectivity index (χ1n) is 7.58. The number of hydrogen-bond acceptors (Lipinski definition) is 4. The van der Waals surface area contributed by atoms with Crippen molar-refractivity contribution in [1.82, 2.24) is 0 Å². The van der Waals surface area contributed by atoms with Gasteiger partial charge >= 0.3 is 0 Å². The van der Waals surface area contributed by atoms with Crippen molar-refractivity contribution in [2.24, 2.45) is 5.14 Å². The zero-order valence-electron chi connectivity index (χ0n) is 14.5. The van der Waals surface area contributed by atoms with E-state index in [4.69, 9.17) is 9.88 Å². The summed E-state index contributed by atoms with van der Waals surface area (Å²) in [7, 11) is -2.31. The van der Waals surface area contributed by atoms with Crippen LogP contribution in [0.25, 0.3) is 6.08 Å². The normalized spacial score (nSPS) is 11.6. The van der Waals surface area contributed by atoms with E-state index in [0.29, 0.717) is 17.0 Å². The number of benzene rings is 2. The van der Waals surface area contributed by atoms with E-state index in [1.54, 1.807) is 33.1 Å². The van der Waals surface area contributed by atoms with Crippen molar-refractivity contribution >= 4 is 43.6 Å². The van der Waals surface area contributed by atoms with E-state index in [0.717, 1.165) is 15.6 Å². The molecule has 2 aromatic carbocycles. The Kier molecular flexibility index (Phi) is 6.22. The number of halogens is 1. The molecule has 0 saturated carbocycles. The molecule has 1 amide bonds. The van der Waals surface area contributed by atoms with Gasteiger partial charge in [0.15, 0.2) is 0 Å². The highest BCUT2D eigenvalue weighted by Crippen LogP contribution is 2.25. The maximum atomic E-state index is 12.3. The van der Waals surface area contributed by atoms with Crippen LogP contribution in [0.1, 0.15) is 16.7 Å². The predicted molar refractivity (Wildman–Crippen MR) is 106 cm³/mol. The molecular weight excluding hydrogens is 420 g/mol. The third-order valence-electron chi connectivity index (χ3n) is 3.83. The van der Waals surface area contributed by atoms with Crippen LogP contribution >= 0.6 is 15.9 Å². The van der Waals surface area contributed by atoms with Gasteiger partial charge in [0.2, 0.25) is 15.9 Å². The van der Waals surface area contributed by atoms with Crippen LogP contribution in [0.3, 0.4) is 0 Å². The number of primary sulfonamides is 1. The Morgan fingerprint density at radius 2 is 1.92 bits per heavy atom. The Hall–Kier alpha value is -2.16. The molecule has 0 unspecified atom stereocenters. The average molecular weight is 439 g/mol. The molecule has 6 nitrogen and oxygen atoms in total. The van der Waals surface area contributed by atoms with Gasteiger partial charge in [-0.1, -0.05) is 15.9 Å². The Labute approximate surface area is 161 Å². The quantitative estimate of drug-likeness (QED) is 0.698. The van der Waals surface area contributed by atoms with Gasteiger partial charge < -0.3 is 10.1 Å². The molecule has 2 aromatic rings. The second-order valence-corrected chi connectivity index (χ2v) is 8.14. The molecular formula is C18H19BrN2O4S. The summed E-state index contributed by atoms with van der Waals surface area (Å²) in [4.78, 5) is 12.2. The Balaban J connectivity index is 2.28. The third kappa shape index (κ3) is 4.94. The smallest absolute Gasteiger partial charge is 0.248 e. The van der Waals surface area contributed by atoms with Crippen LogP contribution in [-0.4, -0.2) is 21.4 Å². The zero-order chi connectivity index (χ0) is 19.5. The average Bonchev–Trinajstić information content (AvgIpc) is 2.56. The number of anilines is 1. The molecule has 26 heavy (non-hydrogen) atoms. The van der Waals surface area contributed by atoms with Crippen LogP contribution in [0.2, 0.25) is 0 Å². The topological polar surface area (TPSA) is 98.5 Å². The van der Waals surface area contributed by atoms with Crippen LogP contribution < -0.4 is 15.2 Å². The number of amides is 1. The monoisotopic (exact) mass is 438 g/mol. The maximum Gasteiger partial charge on any atom is 0.248 e. The maximum absolute atomic E-state index is 12.3. The molecule has 3 N–H and O–H groups in total. The minimum Gasteiger partial charge on any atom is -0.496 e. The third-order valence-corrected chi connectivity index (χ3v) is 5.22. The second kappa shape index (κ2) is 8.03. The lowest BCUT2D eigenvalue weighted by atomic mass is 10.1. The number of carbonyl (C=O) groups is 1. The molecule has 0 bridgehead atoms. The van der Waals surface area contributed by atoms with Gasteiger partial charge in [-0.2, -0.15) is 0 Å². The largest absolute Gasteiger partial charge is 0.496 e. The number of rotatable bonds is 5. The molecule has 138 valence electrons. The Bertz CT molecular complexity index is 985. The van der Waals surface area contributed by atoms with Gasteiger partial charge in [-0.15, -0.1) is 0 Å². The van der Waals surface area contributed by atoms with Crippen LogP contribution in [-0.2, 0) is 14.8 Å². The molecule has 2 rings (SSSR count). The Morgan fingerprint density at radius 3 is 2.54 bits per heavy atom. The summed E-state index contributed by atoms with van der Waals surface area (Å²) in [6, 6.07) is 8.26. The van der Waals surface area contributed by atoms with E-state index in [9.17, 15) is 13.2 Å². The summed E-state index contributed by atoms with van der Waals surface area (Å²) in [5.41, 5.74) is 2.59. The summed E-state index contributed by atoms with van der Waals surface area (Å²) in [6.07, 6.45) is 2.97. The number of nitrogens with two attached hydrogens (primary N) is 1. The molecule has 0 saturated heterocycles. The van der Waals surface area contributed by atoms with Gasteiger partial charge in [0.1, 0.15) is 5.75 Å². The molecule has 0 aliphatic heterocycles. The van der Waals surface area contributed by atoms with Crippen molar-refractivity contribution in [3.05, 3.63) is 57.6 Å². The summed E-state index contributed by atoms with van der Waals surface area (Å²) < 4.78 is 29.3. The molecule has 0 aliphatic rings. The molecule has 0 aliphatic carbocycles. The minimum atomic E-state index is -3.86. The van der Waals surface area contributed by atoms with E-state index in [2.05, 4.69) is 21.2 Å². The van der Waals surface area contributed by atoms with Crippen LogP contribution in [0.15, 0.2) is 45.8 Å². The number of hydrogen-bond donors (Lipinski definition) is 2. The number of carbonyl (C=O) groups excluding carboxylic acids is 1. The van der Waals surface area contributed by atoms with E-state index in [-0.39, 0.29) is 4.90 Å². The van der Waals surface area contributed by atoms with Gasteiger partial charge in [0, 0.05) is 21.8 Å². The summed E-state index contributed by atoms with van der Waals surface area (Å²) in [5.74, 6) is 0.224. The van der Waals surface area contributed by atoms with E-state index >= 15 is 0 Å². The first-order chi connectivity index (χ1) is 12.1. The fourth-order valence-electron chi connectivity index (χ4n) is 2.30. The van der Waals surface area contributed by atoms with Crippen LogP contribution in [0.4, 0.5) is 5.69 Å². The highest BCUT2D eigenvalue weighted by Gasteiger charge is 2.13. The van der Waals surface area contributed by atoms with E-state index in [1.165, 1.54) is 18.2 Å². The SMILES string of the molecule is COc1ccc(Br)cc1/C=C/C(=O)Nc1cc(S(N)(=O)=O)cc(C)c1C. The van der Waals surface area contributed by atoms with Gasteiger partial charge in [-0.3, -0.25) is 4.79 Å².